The SMILES string of the molecule is CC(C)CN=C1NC(=O)[C@H](CC(=O)Nc2cc(C(F)(F)F)ccc2Cl)S1. The van der Waals surface area contributed by atoms with Gasteiger partial charge in [0, 0.05) is 13.0 Å². The number of nitrogens with one attached hydrogen (secondary N) is 2. The number of anilines is 1. The summed E-state index contributed by atoms with van der Waals surface area (Å²) in [6.07, 6.45) is -4.75. The van der Waals surface area contributed by atoms with Gasteiger partial charge in [0.25, 0.3) is 0 Å². The minimum atomic E-state index is -4.55. The van der Waals surface area contributed by atoms with Crippen molar-refractivity contribution in [2.24, 2.45) is 10.9 Å². The van der Waals surface area contributed by atoms with Crippen LogP contribution in [-0.4, -0.2) is 28.8 Å². The molecule has 0 bridgehead atoms. The summed E-state index contributed by atoms with van der Waals surface area (Å²) in [6.45, 7) is 4.51. The highest BCUT2D eigenvalue weighted by molar-refractivity contribution is 8.15. The van der Waals surface area contributed by atoms with Gasteiger partial charge in [0.2, 0.25) is 11.8 Å². The highest BCUT2D eigenvalue weighted by atomic mass is 35.5. The Morgan fingerprint density at radius 3 is 2.73 bits per heavy atom. The van der Waals surface area contributed by atoms with Gasteiger partial charge in [-0.1, -0.05) is 37.2 Å². The average Bonchev–Trinajstić information content (AvgIpc) is 2.86. The Morgan fingerprint density at radius 2 is 2.12 bits per heavy atom. The molecule has 0 spiro atoms. The normalized spacial score (nSPS) is 19.1. The molecule has 1 aromatic carbocycles. The van der Waals surface area contributed by atoms with Gasteiger partial charge in [-0.05, 0) is 24.1 Å². The van der Waals surface area contributed by atoms with Crippen molar-refractivity contribution in [3.63, 3.8) is 0 Å². The third-order valence-corrected chi connectivity index (χ3v) is 4.76. The Balaban J connectivity index is 2.01. The van der Waals surface area contributed by atoms with Crippen molar-refractivity contribution < 1.29 is 22.8 Å². The third-order valence-electron chi connectivity index (χ3n) is 3.32. The van der Waals surface area contributed by atoms with Crippen molar-refractivity contribution in [1.29, 1.82) is 0 Å². The molecule has 26 heavy (non-hydrogen) atoms. The lowest BCUT2D eigenvalue weighted by atomic mass is 10.2. The molecule has 1 fully saturated rings. The van der Waals surface area contributed by atoms with Crippen LogP contribution in [0.15, 0.2) is 23.2 Å². The van der Waals surface area contributed by atoms with E-state index in [4.69, 9.17) is 11.6 Å². The zero-order chi connectivity index (χ0) is 19.5. The fraction of sp³-hybridized carbons (Fsp3) is 0.438. The number of carbonyl (C=O) groups is 2. The van der Waals surface area contributed by atoms with Gasteiger partial charge in [-0.15, -0.1) is 0 Å². The molecular formula is C16H17ClF3N3O2S. The topological polar surface area (TPSA) is 70.6 Å². The number of rotatable bonds is 5. The number of aliphatic imine (C=N–C) groups is 1. The third kappa shape index (κ3) is 5.63. The maximum Gasteiger partial charge on any atom is 0.416 e. The van der Waals surface area contributed by atoms with E-state index >= 15 is 0 Å². The lowest BCUT2D eigenvalue weighted by molar-refractivity contribution is -0.137. The predicted octanol–water partition coefficient (Wildman–Crippen LogP) is 3.93. The summed E-state index contributed by atoms with van der Waals surface area (Å²) in [5.41, 5.74) is -1.07. The predicted molar refractivity (Wildman–Crippen MR) is 96.4 cm³/mol. The molecule has 0 aliphatic carbocycles. The standard InChI is InChI=1S/C16H17ClF3N3O2S/c1-8(2)7-21-15-23-14(25)12(26-15)6-13(24)22-11-5-9(16(18,19)20)3-4-10(11)17/h3-5,8,12H,6-7H2,1-2H3,(H,22,24)(H,21,23,25)/t12-/m0/s1. The van der Waals surface area contributed by atoms with Gasteiger partial charge in [0.1, 0.15) is 5.25 Å². The Hall–Kier alpha value is -1.74. The van der Waals surface area contributed by atoms with E-state index in [0.717, 1.165) is 30.0 Å². The van der Waals surface area contributed by atoms with Crippen LogP contribution in [-0.2, 0) is 15.8 Å². The first-order valence-electron chi connectivity index (χ1n) is 7.75. The van der Waals surface area contributed by atoms with Crippen molar-refractivity contribution in [2.75, 3.05) is 11.9 Å². The highest BCUT2D eigenvalue weighted by Crippen LogP contribution is 2.34. The van der Waals surface area contributed by atoms with Crippen LogP contribution in [0.25, 0.3) is 0 Å². The van der Waals surface area contributed by atoms with Crippen LogP contribution in [0.2, 0.25) is 5.02 Å². The minimum absolute atomic E-state index is 0.0194. The van der Waals surface area contributed by atoms with Gasteiger partial charge in [0.15, 0.2) is 5.17 Å². The quantitative estimate of drug-likeness (QED) is 0.776. The summed E-state index contributed by atoms with van der Waals surface area (Å²) < 4.78 is 38.3. The molecule has 2 N–H and O–H groups in total. The van der Waals surface area contributed by atoms with Crippen molar-refractivity contribution in [1.82, 2.24) is 5.32 Å². The Kier molecular flexibility index (Phi) is 6.57. The van der Waals surface area contributed by atoms with E-state index in [0.29, 0.717) is 17.6 Å². The molecule has 142 valence electrons. The Labute approximate surface area is 157 Å². The number of nitrogens with zero attached hydrogens (tertiary/aromatic N) is 1. The number of amides is 2. The maximum atomic E-state index is 12.8. The molecule has 1 aliphatic rings. The molecule has 1 saturated heterocycles. The summed E-state index contributed by atoms with van der Waals surface area (Å²) >= 11 is 6.97. The lowest BCUT2D eigenvalue weighted by Gasteiger charge is -2.12. The largest absolute Gasteiger partial charge is 0.416 e. The fourth-order valence-electron chi connectivity index (χ4n) is 2.05. The molecule has 2 amide bonds. The molecule has 5 nitrogen and oxygen atoms in total. The summed E-state index contributed by atoms with van der Waals surface area (Å²) in [5.74, 6) is -0.641. The molecule has 0 unspecified atom stereocenters. The van der Waals surface area contributed by atoms with E-state index in [-0.39, 0.29) is 23.0 Å². The Morgan fingerprint density at radius 1 is 1.42 bits per heavy atom. The zero-order valence-corrected chi connectivity index (χ0v) is 15.6. The van der Waals surface area contributed by atoms with Crippen molar-refractivity contribution in [3.8, 4) is 0 Å². The Bertz CT molecular complexity index is 738. The summed E-state index contributed by atoms with van der Waals surface area (Å²) in [7, 11) is 0. The molecule has 0 radical (unpaired) electrons. The summed E-state index contributed by atoms with van der Waals surface area (Å²) in [6, 6.07) is 2.65. The first-order chi connectivity index (χ1) is 12.1. The number of amidine groups is 1. The number of alkyl halides is 3. The van der Waals surface area contributed by atoms with E-state index in [9.17, 15) is 22.8 Å². The van der Waals surface area contributed by atoms with Crippen LogP contribution < -0.4 is 10.6 Å². The van der Waals surface area contributed by atoms with E-state index < -0.39 is 22.9 Å². The lowest BCUT2D eigenvalue weighted by Crippen LogP contribution is -2.28. The van der Waals surface area contributed by atoms with Gasteiger partial charge in [0.05, 0.1) is 16.3 Å². The van der Waals surface area contributed by atoms with E-state index in [1.807, 2.05) is 13.8 Å². The highest BCUT2D eigenvalue weighted by Gasteiger charge is 2.33. The molecule has 10 heteroatoms. The van der Waals surface area contributed by atoms with Crippen molar-refractivity contribution in [2.45, 2.75) is 31.7 Å². The molecule has 1 aliphatic heterocycles. The molecule has 1 aromatic rings. The van der Waals surface area contributed by atoms with Gasteiger partial charge in [-0.2, -0.15) is 13.2 Å². The van der Waals surface area contributed by atoms with Crippen LogP contribution >= 0.6 is 23.4 Å². The fourth-order valence-corrected chi connectivity index (χ4v) is 3.19. The van der Waals surface area contributed by atoms with Crippen LogP contribution in [0.4, 0.5) is 18.9 Å². The first kappa shape index (κ1) is 20.6. The second kappa shape index (κ2) is 8.30. The molecule has 2 rings (SSSR count). The van der Waals surface area contributed by atoms with Crippen molar-refractivity contribution in [3.05, 3.63) is 28.8 Å². The molecule has 0 aromatic heterocycles. The van der Waals surface area contributed by atoms with Crippen LogP contribution in [0.3, 0.4) is 0 Å². The smallest absolute Gasteiger partial charge is 0.325 e. The summed E-state index contributed by atoms with van der Waals surface area (Å²) in [5, 5.41) is 4.65. The molecule has 0 saturated carbocycles. The van der Waals surface area contributed by atoms with Crippen LogP contribution in [0.1, 0.15) is 25.8 Å². The molecule has 1 atom stereocenters. The minimum Gasteiger partial charge on any atom is -0.325 e. The summed E-state index contributed by atoms with van der Waals surface area (Å²) in [4.78, 5) is 28.3. The van der Waals surface area contributed by atoms with Gasteiger partial charge in [-0.3, -0.25) is 14.6 Å². The van der Waals surface area contributed by atoms with E-state index in [1.54, 1.807) is 0 Å². The number of hydrogen-bond acceptors (Lipinski definition) is 4. The number of halogens is 4. The monoisotopic (exact) mass is 407 g/mol. The second-order valence-corrected chi connectivity index (χ2v) is 7.68. The first-order valence-corrected chi connectivity index (χ1v) is 9.00. The number of carbonyl (C=O) groups excluding carboxylic acids is 2. The van der Waals surface area contributed by atoms with Crippen LogP contribution in [0.5, 0.6) is 0 Å². The number of hydrogen-bond donors (Lipinski definition) is 2. The van der Waals surface area contributed by atoms with Gasteiger partial charge >= 0.3 is 6.18 Å². The number of thioether (sulfide) groups is 1. The van der Waals surface area contributed by atoms with E-state index in [1.165, 1.54) is 0 Å². The molecule has 1 heterocycles. The molecular weight excluding hydrogens is 391 g/mol. The van der Waals surface area contributed by atoms with Crippen molar-refractivity contribution >= 4 is 46.0 Å². The van der Waals surface area contributed by atoms with Gasteiger partial charge < -0.3 is 10.6 Å². The zero-order valence-electron chi connectivity index (χ0n) is 14.0. The maximum absolute atomic E-state index is 12.8. The van der Waals surface area contributed by atoms with E-state index in [2.05, 4.69) is 15.6 Å². The number of benzene rings is 1. The average molecular weight is 408 g/mol. The second-order valence-electron chi connectivity index (χ2n) is 6.08. The van der Waals surface area contributed by atoms with Crippen LogP contribution in [0, 0.1) is 5.92 Å². The van der Waals surface area contributed by atoms with Gasteiger partial charge in [-0.25, -0.2) is 0 Å².